The Labute approximate surface area is 163 Å². The van der Waals surface area contributed by atoms with Gasteiger partial charge in [-0.1, -0.05) is 12.1 Å². The van der Waals surface area contributed by atoms with Crippen LogP contribution in [-0.4, -0.2) is 22.1 Å². The molecule has 1 N–H and O–H groups in total. The van der Waals surface area contributed by atoms with Crippen molar-refractivity contribution in [2.75, 3.05) is 11.9 Å². The largest absolute Gasteiger partial charge is 0.494 e. The highest BCUT2D eigenvalue weighted by Gasteiger charge is 2.09. The van der Waals surface area contributed by atoms with Crippen molar-refractivity contribution in [3.63, 3.8) is 0 Å². The van der Waals surface area contributed by atoms with E-state index in [0.29, 0.717) is 12.3 Å². The van der Waals surface area contributed by atoms with Gasteiger partial charge in [-0.2, -0.15) is 0 Å². The molecule has 0 unspecified atom stereocenters. The van der Waals surface area contributed by atoms with Gasteiger partial charge in [0.2, 0.25) is 5.91 Å². The summed E-state index contributed by atoms with van der Waals surface area (Å²) >= 11 is 0. The highest BCUT2D eigenvalue weighted by atomic mass is 16.5. The number of aryl methyl sites for hydroxylation is 1. The minimum Gasteiger partial charge on any atom is -0.494 e. The monoisotopic (exact) mass is 377 g/mol. The van der Waals surface area contributed by atoms with E-state index in [9.17, 15) is 9.59 Å². The lowest BCUT2D eigenvalue weighted by atomic mass is 10.1. The summed E-state index contributed by atoms with van der Waals surface area (Å²) in [4.78, 5) is 29.1. The van der Waals surface area contributed by atoms with Crippen molar-refractivity contribution in [1.29, 1.82) is 0 Å². The number of hydrogen-bond donors (Lipinski definition) is 1. The van der Waals surface area contributed by atoms with Crippen molar-refractivity contribution < 1.29 is 9.53 Å². The molecule has 144 valence electrons. The summed E-state index contributed by atoms with van der Waals surface area (Å²) in [6.07, 6.45) is 1.40. The molecule has 3 rings (SSSR count). The van der Waals surface area contributed by atoms with E-state index in [0.717, 1.165) is 28.1 Å². The molecule has 0 saturated heterocycles. The van der Waals surface area contributed by atoms with Gasteiger partial charge in [0.15, 0.2) is 0 Å². The van der Waals surface area contributed by atoms with E-state index in [1.165, 1.54) is 17.0 Å². The molecular formula is C22H23N3O3. The van der Waals surface area contributed by atoms with E-state index < -0.39 is 0 Å². The molecule has 6 nitrogen and oxygen atoms in total. The van der Waals surface area contributed by atoms with Gasteiger partial charge in [0.25, 0.3) is 5.56 Å². The standard InChI is InChI=1S/C22H23N3O3/c1-4-28-18-10-8-17(9-11-18)20-12-22(27)25(14-23-20)13-21(26)24-19-7-5-6-15(2)16(19)3/h5-12,14H,4,13H2,1-3H3,(H,24,26). The number of ether oxygens (including phenoxy) is 1. The highest BCUT2D eigenvalue weighted by molar-refractivity contribution is 5.91. The maximum absolute atomic E-state index is 12.4. The molecule has 0 fully saturated rings. The molecule has 0 spiro atoms. The SMILES string of the molecule is CCOc1ccc(-c2cc(=O)n(CC(=O)Nc3cccc(C)c3C)cn2)cc1. The number of nitrogens with one attached hydrogen (secondary N) is 1. The molecule has 0 radical (unpaired) electrons. The smallest absolute Gasteiger partial charge is 0.254 e. The molecule has 2 aromatic carbocycles. The van der Waals surface area contributed by atoms with Gasteiger partial charge in [-0.15, -0.1) is 0 Å². The minimum absolute atomic E-state index is 0.0945. The first kappa shape index (κ1) is 19.4. The van der Waals surface area contributed by atoms with Crippen molar-refractivity contribution in [1.82, 2.24) is 9.55 Å². The molecule has 6 heteroatoms. The van der Waals surface area contributed by atoms with E-state index in [-0.39, 0.29) is 18.0 Å². The predicted molar refractivity (Wildman–Crippen MR) is 110 cm³/mol. The Hall–Kier alpha value is -3.41. The van der Waals surface area contributed by atoms with E-state index in [4.69, 9.17) is 4.74 Å². The quantitative estimate of drug-likeness (QED) is 0.713. The van der Waals surface area contributed by atoms with Crippen LogP contribution < -0.4 is 15.6 Å². The number of rotatable bonds is 6. The van der Waals surface area contributed by atoms with Gasteiger partial charge < -0.3 is 10.1 Å². The lowest BCUT2D eigenvalue weighted by Crippen LogP contribution is -2.27. The van der Waals surface area contributed by atoms with Crippen LogP contribution in [0.3, 0.4) is 0 Å². The number of aromatic nitrogens is 2. The topological polar surface area (TPSA) is 73.2 Å². The van der Waals surface area contributed by atoms with Crippen molar-refractivity contribution in [2.24, 2.45) is 0 Å². The van der Waals surface area contributed by atoms with Crippen LogP contribution in [0.1, 0.15) is 18.1 Å². The number of anilines is 1. The summed E-state index contributed by atoms with van der Waals surface area (Å²) in [5.41, 5.74) is 3.93. The number of amides is 1. The molecule has 1 aromatic heterocycles. The van der Waals surface area contributed by atoms with Gasteiger partial charge in [-0.05, 0) is 62.2 Å². The molecule has 0 atom stereocenters. The minimum atomic E-state index is -0.282. The molecule has 1 heterocycles. The fourth-order valence-electron chi connectivity index (χ4n) is 2.82. The van der Waals surface area contributed by atoms with E-state index in [1.807, 2.05) is 63.2 Å². The van der Waals surface area contributed by atoms with Crippen LogP contribution in [0, 0.1) is 13.8 Å². The average molecular weight is 377 g/mol. The zero-order valence-corrected chi connectivity index (χ0v) is 16.2. The Morgan fingerprint density at radius 3 is 2.57 bits per heavy atom. The Balaban J connectivity index is 1.72. The van der Waals surface area contributed by atoms with Gasteiger partial charge in [0, 0.05) is 17.3 Å². The summed E-state index contributed by atoms with van der Waals surface area (Å²) in [5.74, 6) is 0.495. The Kier molecular flexibility index (Phi) is 5.89. The third-order valence-electron chi connectivity index (χ3n) is 4.53. The molecule has 28 heavy (non-hydrogen) atoms. The summed E-state index contributed by atoms with van der Waals surface area (Å²) in [6.45, 7) is 6.36. The lowest BCUT2D eigenvalue weighted by Gasteiger charge is -2.11. The number of carbonyl (C=O) groups is 1. The maximum atomic E-state index is 12.4. The number of benzene rings is 2. The van der Waals surface area contributed by atoms with Crippen LogP contribution >= 0.6 is 0 Å². The normalized spacial score (nSPS) is 10.5. The first-order valence-electron chi connectivity index (χ1n) is 9.13. The summed E-state index contributed by atoms with van der Waals surface area (Å²) in [7, 11) is 0. The fraction of sp³-hybridized carbons (Fsp3) is 0.227. The van der Waals surface area contributed by atoms with E-state index in [2.05, 4.69) is 10.3 Å². The van der Waals surface area contributed by atoms with Crippen molar-refractivity contribution in [2.45, 2.75) is 27.3 Å². The molecule has 0 aliphatic heterocycles. The van der Waals surface area contributed by atoms with Crippen molar-refractivity contribution in [3.05, 3.63) is 76.3 Å². The van der Waals surface area contributed by atoms with Crippen molar-refractivity contribution >= 4 is 11.6 Å². The zero-order chi connectivity index (χ0) is 20.1. The van der Waals surface area contributed by atoms with Crippen LogP contribution in [0.25, 0.3) is 11.3 Å². The molecular weight excluding hydrogens is 354 g/mol. The van der Waals surface area contributed by atoms with Gasteiger partial charge >= 0.3 is 0 Å². The molecule has 0 aliphatic rings. The Morgan fingerprint density at radius 1 is 1.14 bits per heavy atom. The molecule has 1 amide bonds. The second-order valence-electron chi connectivity index (χ2n) is 6.49. The van der Waals surface area contributed by atoms with Gasteiger partial charge in [-0.25, -0.2) is 4.98 Å². The van der Waals surface area contributed by atoms with Crippen LogP contribution in [0.2, 0.25) is 0 Å². The second-order valence-corrected chi connectivity index (χ2v) is 6.49. The van der Waals surface area contributed by atoms with E-state index >= 15 is 0 Å². The van der Waals surface area contributed by atoms with Gasteiger partial charge in [-0.3, -0.25) is 14.2 Å². The zero-order valence-electron chi connectivity index (χ0n) is 16.2. The van der Waals surface area contributed by atoms with E-state index in [1.54, 1.807) is 0 Å². The molecule has 0 bridgehead atoms. The first-order chi connectivity index (χ1) is 13.5. The van der Waals surface area contributed by atoms with Gasteiger partial charge in [0.05, 0.1) is 18.6 Å². The van der Waals surface area contributed by atoms with Crippen LogP contribution in [0.5, 0.6) is 5.75 Å². The second kappa shape index (κ2) is 8.52. The first-order valence-corrected chi connectivity index (χ1v) is 9.13. The Morgan fingerprint density at radius 2 is 1.89 bits per heavy atom. The summed E-state index contributed by atoms with van der Waals surface area (Å²) < 4.78 is 6.71. The molecule has 3 aromatic rings. The summed E-state index contributed by atoms with van der Waals surface area (Å²) in [6, 6.07) is 14.5. The van der Waals surface area contributed by atoms with Crippen LogP contribution in [0.4, 0.5) is 5.69 Å². The Bertz CT molecular complexity index is 1040. The predicted octanol–water partition coefficient (Wildman–Crippen LogP) is 3.56. The molecule has 0 saturated carbocycles. The number of hydrogen-bond acceptors (Lipinski definition) is 4. The summed E-state index contributed by atoms with van der Waals surface area (Å²) in [5, 5.41) is 2.85. The average Bonchev–Trinajstić information content (AvgIpc) is 2.68. The maximum Gasteiger partial charge on any atom is 0.254 e. The van der Waals surface area contributed by atoms with Crippen LogP contribution in [-0.2, 0) is 11.3 Å². The number of carbonyl (C=O) groups excluding carboxylic acids is 1. The number of nitrogens with zero attached hydrogens (tertiary/aromatic N) is 2. The van der Waals surface area contributed by atoms with Gasteiger partial charge in [0.1, 0.15) is 12.3 Å². The van der Waals surface area contributed by atoms with Crippen LogP contribution in [0.15, 0.2) is 59.7 Å². The molecule has 0 aliphatic carbocycles. The fourth-order valence-corrected chi connectivity index (χ4v) is 2.82. The van der Waals surface area contributed by atoms with Crippen molar-refractivity contribution in [3.8, 4) is 17.0 Å². The lowest BCUT2D eigenvalue weighted by molar-refractivity contribution is -0.116. The highest BCUT2D eigenvalue weighted by Crippen LogP contribution is 2.20. The third-order valence-corrected chi connectivity index (χ3v) is 4.53. The third kappa shape index (κ3) is 4.46.